The molecule has 15 heavy (non-hydrogen) atoms. The van der Waals surface area contributed by atoms with Crippen molar-refractivity contribution in [2.24, 2.45) is 5.73 Å². The Balaban J connectivity index is 2.25. The average Bonchev–Trinajstić information content (AvgIpc) is 2.68. The molecule has 0 atom stereocenters. The number of hydrogen-bond donors (Lipinski definition) is 1. The molecule has 0 radical (unpaired) electrons. The summed E-state index contributed by atoms with van der Waals surface area (Å²) in [6.07, 6.45) is 2.41. The summed E-state index contributed by atoms with van der Waals surface area (Å²) in [6.45, 7) is 0.565. The van der Waals surface area contributed by atoms with Crippen molar-refractivity contribution in [3.05, 3.63) is 41.2 Å². The molecule has 1 heterocycles. The molecule has 78 valence electrons. The monoisotopic (exact) mass is 222 g/mol. The van der Waals surface area contributed by atoms with Crippen LogP contribution < -0.4 is 5.73 Å². The molecule has 0 saturated heterocycles. The summed E-state index contributed by atoms with van der Waals surface area (Å²) in [5.41, 5.74) is 6.34. The lowest BCUT2D eigenvalue weighted by molar-refractivity contribution is 0.519. The predicted octanol–water partition coefficient (Wildman–Crippen LogP) is 2.50. The Labute approximate surface area is 92.9 Å². The molecule has 2 aromatic rings. The zero-order valence-corrected chi connectivity index (χ0v) is 8.87. The first-order valence-corrected chi connectivity index (χ1v) is 5.08. The van der Waals surface area contributed by atoms with E-state index in [1.807, 2.05) is 24.3 Å². The van der Waals surface area contributed by atoms with Gasteiger partial charge in [-0.15, -0.1) is 0 Å². The van der Waals surface area contributed by atoms with Gasteiger partial charge in [0.05, 0.1) is 6.20 Å². The SMILES string of the molecule is NCCc1cnc(-c2ccc(Cl)cc2)o1. The molecular weight excluding hydrogens is 212 g/mol. The van der Waals surface area contributed by atoms with Gasteiger partial charge in [0.15, 0.2) is 0 Å². The van der Waals surface area contributed by atoms with E-state index < -0.39 is 0 Å². The molecule has 3 nitrogen and oxygen atoms in total. The first-order valence-electron chi connectivity index (χ1n) is 4.70. The van der Waals surface area contributed by atoms with Gasteiger partial charge in [0.2, 0.25) is 5.89 Å². The van der Waals surface area contributed by atoms with E-state index in [9.17, 15) is 0 Å². The maximum atomic E-state index is 5.79. The summed E-state index contributed by atoms with van der Waals surface area (Å²) in [6, 6.07) is 7.37. The van der Waals surface area contributed by atoms with Crippen LogP contribution in [-0.2, 0) is 6.42 Å². The van der Waals surface area contributed by atoms with Gasteiger partial charge < -0.3 is 10.2 Å². The van der Waals surface area contributed by atoms with Crippen molar-refractivity contribution in [1.29, 1.82) is 0 Å². The zero-order chi connectivity index (χ0) is 10.7. The largest absolute Gasteiger partial charge is 0.441 e. The minimum absolute atomic E-state index is 0.565. The Morgan fingerprint density at radius 3 is 2.67 bits per heavy atom. The predicted molar refractivity (Wildman–Crippen MR) is 59.7 cm³/mol. The Bertz CT molecular complexity index is 436. The van der Waals surface area contributed by atoms with E-state index in [1.165, 1.54) is 0 Å². The minimum atomic E-state index is 0.565. The van der Waals surface area contributed by atoms with E-state index in [2.05, 4.69) is 4.98 Å². The Kier molecular flexibility index (Phi) is 3.04. The molecule has 2 rings (SSSR count). The molecule has 0 amide bonds. The third-order valence-corrected chi connectivity index (χ3v) is 2.29. The van der Waals surface area contributed by atoms with Crippen LogP contribution in [0.4, 0.5) is 0 Å². The second kappa shape index (κ2) is 4.47. The lowest BCUT2D eigenvalue weighted by atomic mass is 10.2. The first-order chi connectivity index (χ1) is 7.29. The fraction of sp³-hybridized carbons (Fsp3) is 0.182. The van der Waals surface area contributed by atoms with Crippen LogP contribution in [0.25, 0.3) is 11.5 Å². The average molecular weight is 223 g/mol. The van der Waals surface area contributed by atoms with E-state index in [-0.39, 0.29) is 0 Å². The van der Waals surface area contributed by atoms with Gasteiger partial charge in [0, 0.05) is 17.0 Å². The highest BCUT2D eigenvalue weighted by Crippen LogP contribution is 2.21. The zero-order valence-electron chi connectivity index (χ0n) is 8.11. The van der Waals surface area contributed by atoms with Crippen LogP contribution in [0.15, 0.2) is 34.9 Å². The van der Waals surface area contributed by atoms with Gasteiger partial charge >= 0.3 is 0 Å². The molecule has 4 heteroatoms. The minimum Gasteiger partial charge on any atom is -0.441 e. The number of hydrogen-bond acceptors (Lipinski definition) is 3. The Hall–Kier alpha value is -1.32. The van der Waals surface area contributed by atoms with Crippen molar-refractivity contribution in [2.45, 2.75) is 6.42 Å². The summed E-state index contributed by atoms with van der Waals surface area (Å²) < 4.78 is 5.52. The molecule has 2 N–H and O–H groups in total. The summed E-state index contributed by atoms with van der Waals surface area (Å²) in [4.78, 5) is 4.17. The molecule has 0 fully saturated rings. The number of halogens is 1. The number of nitrogens with zero attached hydrogens (tertiary/aromatic N) is 1. The molecule has 0 aliphatic carbocycles. The third kappa shape index (κ3) is 2.37. The Morgan fingerprint density at radius 1 is 1.27 bits per heavy atom. The highest BCUT2D eigenvalue weighted by Gasteiger charge is 2.05. The summed E-state index contributed by atoms with van der Waals surface area (Å²) in [5, 5.41) is 0.701. The molecule has 0 saturated carbocycles. The molecule has 0 unspecified atom stereocenters. The fourth-order valence-electron chi connectivity index (χ4n) is 1.29. The Morgan fingerprint density at radius 2 is 2.00 bits per heavy atom. The van der Waals surface area contributed by atoms with Crippen LogP contribution in [0, 0.1) is 0 Å². The van der Waals surface area contributed by atoms with E-state index in [0.717, 1.165) is 11.3 Å². The van der Waals surface area contributed by atoms with E-state index in [0.29, 0.717) is 23.9 Å². The van der Waals surface area contributed by atoms with Gasteiger partial charge in [-0.1, -0.05) is 11.6 Å². The van der Waals surface area contributed by atoms with Crippen molar-refractivity contribution in [3.63, 3.8) is 0 Å². The fourth-order valence-corrected chi connectivity index (χ4v) is 1.42. The van der Waals surface area contributed by atoms with Gasteiger partial charge in [-0.25, -0.2) is 4.98 Å². The van der Waals surface area contributed by atoms with Crippen molar-refractivity contribution < 1.29 is 4.42 Å². The number of benzene rings is 1. The first kappa shape index (κ1) is 10.2. The summed E-state index contributed by atoms with van der Waals surface area (Å²) in [5.74, 6) is 1.41. The number of aromatic nitrogens is 1. The number of oxazole rings is 1. The molecule has 0 spiro atoms. The smallest absolute Gasteiger partial charge is 0.226 e. The highest BCUT2D eigenvalue weighted by molar-refractivity contribution is 6.30. The van der Waals surface area contributed by atoms with Crippen LogP contribution in [-0.4, -0.2) is 11.5 Å². The molecule has 0 aliphatic heterocycles. The van der Waals surface area contributed by atoms with Crippen molar-refractivity contribution >= 4 is 11.6 Å². The van der Waals surface area contributed by atoms with Gasteiger partial charge in [-0.3, -0.25) is 0 Å². The van der Waals surface area contributed by atoms with Crippen LogP contribution in [0.1, 0.15) is 5.76 Å². The molecule has 0 bridgehead atoms. The van der Waals surface area contributed by atoms with Crippen molar-refractivity contribution in [1.82, 2.24) is 4.98 Å². The second-order valence-electron chi connectivity index (χ2n) is 3.18. The lowest BCUT2D eigenvalue weighted by Crippen LogP contribution is -2.01. The van der Waals surface area contributed by atoms with E-state index in [4.69, 9.17) is 21.8 Å². The summed E-state index contributed by atoms with van der Waals surface area (Å²) in [7, 11) is 0. The maximum Gasteiger partial charge on any atom is 0.226 e. The molecule has 1 aromatic heterocycles. The van der Waals surface area contributed by atoms with Crippen molar-refractivity contribution in [3.8, 4) is 11.5 Å². The lowest BCUT2D eigenvalue weighted by Gasteiger charge is -1.95. The third-order valence-electron chi connectivity index (χ3n) is 2.04. The normalized spacial score (nSPS) is 10.5. The maximum absolute atomic E-state index is 5.79. The van der Waals surface area contributed by atoms with Crippen LogP contribution in [0.3, 0.4) is 0 Å². The van der Waals surface area contributed by atoms with Crippen LogP contribution >= 0.6 is 11.6 Å². The topological polar surface area (TPSA) is 52.0 Å². The van der Waals surface area contributed by atoms with E-state index in [1.54, 1.807) is 6.20 Å². The van der Waals surface area contributed by atoms with Gasteiger partial charge in [0.25, 0.3) is 0 Å². The van der Waals surface area contributed by atoms with Gasteiger partial charge in [-0.2, -0.15) is 0 Å². The quantitative estimate of drug-likeness (QED) is 0.868. The standard InChI is InChI=1S/C11H11ClN2O/c12-9-3-1-8(2-4-9)11-14-7-10(15-11)5-6-13/h1-4,7H,5-6,13H2. The van der Waals surface area contributed by atoms with Crippen LogP contribution in [0.5, 0.6) is 0 Å². The van der Waals surface area contributed by atoms with Gasteiger partial charge in [0.1, 0.15) is 5.76 Å². The van der Waals surface area contributed by atoms with Gasteiger partial charge in [-0.05, 0) is 30.8 Å². The summed E-state index contributed by atoms with van der Waals surface area (Å²) >= 11 is 5.79. The second-order valence-corrected chi connectivity index (χ2v) is 3.61. The number of nitrogens with two attached hydrogens (primary N) is 1. The molecule has 0 aliphatic rings. The highest BCUT2D eigenvalue weighted by atomic mass is 35.5. The van der Waals surface area contributed by atoms with Crippen LogP contribution in [0.2, 0.25) is 5.02 Å². The van der Waals surface area contributed by atoms with E-state index >= 15 is 0 Å². The molecular formula is C11H11ClN2O. The van der Waals surface area contributed by atoms with Crippen molar-refractivity contribution in [2.75, 3.05) is 6.54 Å². The molecule has 1 aromatic carbocycles. The number of rotatable bonds is 3.